The molecule has 19 heavy (non-hydrogen) atoms. The van der Waals surface area contributed by atoms with Crippen molar-refractivity contribution in [3.05, 3.63) is 35.4 Å². The van der Waals surface area contributed by atoms with E-state index in [4.69, 9.17) is 0 Å². The number of hydrogen-bond donors (Lipinski definition) is 1. The second-order valence-corrected chi connectivity index (χ2v) is 6.62. The number of nitrogens with zero attached hydrogens (tertiary/aromatic N) is 1. The summed E-state index contributed by atoms with van der Waals surface area (Å²) in [6, 6.07) is 9.90. The molecule has 0 aromatic heterocycles. The van der Waals surface area contributed by atoms with E-state index < -0.39 is 0 Å². The fourth-order valence-corrected chi connectivity index (χ4v) is 3.02. The van der Waals surface area contributed by atoms with Gasteiger partial charge in [-0.3, -0.25) is 4.90 Å². The third kappa shape index (κ3) is 3.58. The molecule has 0 spiro atoms. The largest absolute Gasteiger partial charge is 0.310 e. The first-order valence-electron chi connectivity index (χ1n) is 7.74. The molecule has 1 aliphatic carbocycles. The lowest BCUT2D eigenvalue weighted by Gasteiger charge is -2.16. The maximum absolute atomic E-state index is 3.59. The molecule has 1 saturated carbocycles. The zero-order valence-electron chi connectivity index (χ0n) is 12.2. The lowest BCUT2D eigenvalue weighted by Crippen LogP contribution is -2.20. The predicted molar refractivity (Wildman–Crippen MR) is 79.9 cm³/mol. The van der Waals surface area contributed by atoms with E-state index in [9.17, 15) is 0 Å². The highest BCUT2D eigenvalue weighted by molar-refractivity contribution is 5.23. The maximum Gasteiger partial charge on any atom is 0.0234 e. The van der Waals surface area contributed by atoms with Gasteiger partial charge in [-0.1, -0.05) is 38.1 Å². The lowest BCUT2D eigenvalue weighted by atomic mass is 10.0. The summed E-state index contributed by atoms with van der Waals surface area (Å²) < 4.78 is 0. The van der Waals surface area contributed by atoms with Crippen LogP contribution in [0.5, 0.6) is 0 Å². The Morgan fingerprint density at radius 2 is 1.79 bits per heavy atom. The summed E-state index contributed by atoms with van der Waals surface area (Å²) in [5.41, 5.74) is 2.90. The van der Waals surface area contributed by atoms with E-state index in [1.165, 1.54) is 37.1 Å². The van der Waals surface area contributed by atoms with Crippen molar-refractivity contribution in [3.8, 4) is 0 Å². The van der Waals surface area contributed by atoms with E-state index in [1.807, 2.05) is 0 Å². The Balaban J connectivity index is 1.56. The van der Waals surface area contributed by atoms with Crippen LogP contribution in [0.4, 0.5) is 0 Å². The van der Waals surface area contributed by atoms with Crippen LogP contribution in [0.2, 0.25) is 0 Å². The van der Waals surface area contributed by atoms with Crippen LogP contribution in [0.3, 0.4) is 0 Å². The highest BCUT2D eigenvalue weighted by Crippen LogP contribution is 2.24. The molecule has 1 heterocycles. The Kier molecular flexibility index (Phi) is 3.90. The third-order valence-corrected chi connectivity index (χ3v) is 4.63. The van der Waals surface area contributed by atoms with Crippen molar-refractivity contribution < 1.29 is 0 Å². The summed E-state index contributed by atoms with van der Waals surface area (Å²) in [5.74, 6) is 1.69. The maximum atomic E-state index is 3.59. The molecule has 2 aliphatic rings. The summed E-state index contributed by atoms with van der Waals surface area (Å²) >= 11 is 0. The predicted octanol–water partition coefficient (Wildman–Crippen LogP) is 3.03. The Morgan fingerprint density at radius 3 is 2.47 bits per heavy atom. The molecule has 2 unspecified atom stereocenters. The van der Waals surface area contributed by atoms with Crippen LogP contribution in [0.1, 0.15) is 37.8 Å². The number of hydrogen-bond acceptors (Lipinski definition) is 2. The Hall–Kier alpha value is -0.860. The van der Waals surface area contributed by atoms with Gasteiger partial charge in [0.15, 0.2) is 0 Å². The molecule has 0 amide bonds. The fraction of sp³-hybridized carbons (Fsp3) is 0.647. The minimum Gasteiger partial charge on any atom is -0.310 e. The Bertz CT molecular complexity index is 415. The van der Waals surface area contributed by atoms with Gasteiger partial charge < -0.3 is 5.32 Å². The molecule has 1 aromatic rings. The van der Waals surface area contributed by atoms with Gasteiger partial charge in [0.1, 0.15) is 0 Å². The number of benzene rings is 1. The first-order valence-corrected chi connectivity index (χ1v) is 7.74. The number of nitrogens with one attached hydrogen (secondary N) is 1. The highest BCUT2D eigenvalue weighted by atomic mass is 15.1. The van der Waals surface area contributed by atoms with Gasteiger partial charge >= 0.3 is 0 Å². The van der Waals surface area contributed by atoms with Crippen LogP contribution in [-0.2, 0) is 13.1 Å². The van der Waals surface area contributed by atoms with Gasteiger partial charge in [-0.2, -0.15) is 0 Å². The van der Waals surface area contributed by atoms with Gasteiger partial charge in [0.2, 0.25) is 0 Å². The van der Waals surface area contributed by atoms with Gasteiger partial charge in [-0.25, -0.2) is 0 Å². The van der Waals surface area contributed by atoms with Gasteiger partial charge in [-0.15, -0.1) is 0 Å². The standard InChI is InChI=1S/C17H26N2/c1-13-10-19(11-14(13)2)12-16-5-3-4-15(8-16)9-18-17-6-7-17/h3-5,8,13-14,17-18H,6-7,9-12H2,1-2H3. The minimum absolute atomic E-state index is 0.795. The van der Waals surface area contributed by atoms with Gasteiger partial charge in [0.25, 0.3) is 0 Å². The minimum atomic E-state index is 0.795. The number of rotatable bonds is 5. The molecule has 2 atom stereocenters. The van der Waals surface area contributed by atoms with E-state index in [0.717, 1.165) is 31.0 Å². The van der Waals surface area contributed by atoms with Crippen LogP contribution >= 0.6 is 0 Å². The molecule has 1 N–H and O–H groups in total. The first-order chi connectivity index (χ1) is 9.20. The van der Waals surface area contributed by atoms with E-state index in [0.29, 0.717) is 0 Å². The smallest absolute Gasteiger partial charge is 0.0234 e. The van der Waals surface area contributed by atoms with Crippen LogP contribution in [0.15, 0.2) is 24.3 Å². The zero-order chi connectivity index (χ0) is 13.2. The van der Waals surface area contributed by atoms with Crippen molar-refractivity contribution in [1.29, 1.82) is 0 Å². The summed E-state index contributed by atoms with van der Waals surface area (Å²) in [6.07, 6.45) is 2.73. The zero-order valence-corrected chi connectivity index (χ0v) is 12.2. The van der Waals surface area contributed by atoms with Crippen LogP contribution in [0, 0.1) is 11.8 Å². The average Bonchev–Trinajstić information content (AvgIpc) is 3.15. The van der Waals surface area contributed by atoms with E-state index in [-0.39, 0.29) is 0 Å². The molecule has 1 aliphatic heterocycles. The fourth-order valence-electron chi connectivity index (χ4n) is 3.02. The molecule has 2 heteroatoms. The molecule has 1 saturated heterocycles. The van der Waals surface area contributed by atoms with Crippen molar-refractivity contribution >= 4 is 0 Å². The van der Waals surface area contributed by atoms with Crippen molar-refractivity contribution in [1.82, 2.24) is 10.2 Å². The Morgan fingerprint density at radius 1 is 1.11 bits per heavy atom. The Labute approximate surface area is 117 Å². The van der Waals surface area contributed by atoms with Gasteiger partial charge in [0.05, 0.1) is 0 Å². The topological polar surface area (TPSA) is 15.3 Å². The first kappa shape index (κ1) is 13.1. The third-order valence-electron chi connectivity index (χ3n) is 4.63. The molecule has 0 bridgehead atoms. The lowest BCUT2D eigenvalue weighted by molar-refractivity contribution is 0.316. The molecule has 1 aromatic carbocycles. The molecular weight excluding hydrogens is 232 g/mol. The highest BCUT2D eigenvalue weighted by Gasteiger charge is 2.25. The average molecular weight is 258 g/mol. The van der Waals surface area contributed by atoms with Crippen molar-refractivity contribution in [3.63, 3.8) is 0 Å². The summed E-state index contributed by atoms with van der Waals surface area (Å²) in [4.78, 5) is 2.60. The van der Waals surface area contributed by atoms with Crippen molar-refractivity contribution in [2.45, 2.75) is 45.8 Å². The van der Waals surface area contributed by atoms with Crippen LogP contribution < -0.4 is 5.32 Å². The van der Waals surface area contributed by atoms with Gasteiger partial charge in [0, 0.05) is 32.2 Å². The van der Waals surface area contributed by atoms with E-state index in [1.54, 1.807) is 0 Å². The molecular formula is C17H26N2. The molecule has 104 valence electrons. The normalized spacial score (nSPS) is 27.9. The quantitative estimate of drug-likeness (QED) is 0.873. The summed E-state index contributed by atoms with van der Waals surface area (Å²) in [6.45, 7) is 9.41. The van der Waals surface area contributed by atoms with E-state index in [2.05, 4.69) is 48.3 Å². The SMILES string of the molecule is CC1CN(Cc2cccc(CNC3CC3)c2)CC1C. The molecule has 0 radical (unpaired) electrons. The van der Waals surface area contributed by atoms with E-state index >= 15 is 0 Å². The molecule has 2 fully saturated rings. The second kappa shape index (κ2) is 5.64. The second-order valence-electron chi connectivity index (χ2n) is 6.62. The number of likely N-dealkylation sites (tertiary alicyclic amines) is 1. The van der Waals surface area contributed by atoms with Crippen molar-refractivity contribution in [2.75, 3.05) is 13.1 Å². The summed E-state index contributed by atoms with van der Waals surface area (Å²) in [5, 5.41) is 3.59. The van der Waals surface area contributed by atoms with Crippen LogP contribution in [0.25, 0.3) is 0 Å². The van der Waals surface area contributed by atoms with Crippen molar-refractivity contribution in [2.24, 2.45) is 11.8 Å². The molecule has 2 nitrogen and oxygen atoms in total. The van der Waals surface area contributed by atoms with Gasteiger partial charge in [-0.05, 0) is 35.8 Å². The van der Waals surface area contributed by atoms with Crippen LogP contribution in [-0.4, -0.2) is 24.0 Å². The monoisotopic (exact) mass is 258 g/mol. The molecule has 3 rings (SSSR count). The summed E-state index contributed by atoms with van der Waals surface area (Å²) in [7, 11) is 0.